The van der Waals surface area contributed by atoms with Gasteiger partial charge >= 0.3 is 5.97 Å². The molecule has 0 unspecified atom stereocenters. The Morgan fingerprint density at radius 1 is 0.833 bits per heavy atom. The molecule has 0 radical (unpaired) electrons. The minimum Gasteiger partial charge on any atom is -0.481 e. The Bertz CT molecular complexity index is 992. The van der Waals surface area contributed by atoms with E-state index in [9.17, 15) is 9.90 Å². The zero-order valence-corrected chi connectivity index (χ0v) is 13.6. The predicted molar refractivity (Wildman–Crippen MR) is 95.3 cm³/mol. The summed E-state index contributed by atoms with van der Waals surface area (Å²) in [7, 11) is 3.90. The summed E-state index contributed by atoms with van der Waals surface area (Å²) in [6.07, 6.45) is 3.87. The zero-order chi connectivity index (χ0) is 16.8. The van der Waals surface area contributed by atoms with E-state index in [1.165, 1.54) is 0 Å². The summed E-state index contributed by atoms with van der Waals surface area (Å²) in [5.74, 6) is -1.52. The summed E-state index contributed by atoms with van der Waals surface area (Å²) >= 11 is 0. The van der Waals surface area contributed by atoms with Crippen LogP contribution in [0.15, 0.2) is 60.9 Å². The largest absolute Gasteiger partial charge is 0.481 e. The highest BCUT2D eigenvalue weighted by Gasteiger charge is 2.28. The molecule has 2 aromatic carbocycles. The van der Waals surface area contributed by atoms with Crippen molar-refractivity contribution in [3.05, 3.63) is 72.1 Å². The fourth-order valence-corrected chi connectivity index (χ4v) is 3.64. The summed E-state index contributed by atoms with van der Waals surface area (Å²) < 4.78 is 3.98. The molecule has 24 heavy (non-hydrogen) atoms. The van der Waals surface area contributed by atoms with Crippen LogP contribution in [-0.2, 0) is 18.9 Å². The number of carboxylic acids is 1. The van der Waals surface area contributed by atoms with Crippen LogP contribution in [0.5, 0.6) is 0 Å². The van der Waals surface area contributed by atoms with E-state index in [0.29, 0.717) is 0 Å². The molecule has 4 rings (SSSR count). The number of hydrogen-bond donors (Lipinski definition) is 1. The average Bonchev–Trinajstić information content (AvgIpc) is 3.08. The molecule has 0 saturated carbocycles. The quantitative estimate of drug-likeness (QED) is 0.623. The molecule has 0 amide bonds. The third-order valence-electron chi connectivity index (χ3n) is 4.72. The van der Waals surface area contributed by atoms with Crippen LogP contribution in [0.1, 0.15) is 17.0 Å². The first-order valence-electron chi connectivity index (χ1n) is 7.88. The third-order valence-corrected chi connectivity index (χ3v) is 4.72. The molecule has 0 bridgehead atoms. The van der Waals surface area contributed by atoms with Gasteiger partial charge in [-0.25, -0.2) is 0 Å². The van der Waals surface area contributed by atoms with Crippen LogP contribution < -0.4 is 0 Å². The molecular formula is C20H18N2O2. The minimum absolute atomic E-state index is 0.692. The molecule has 120 valence electrons. The minimum atomic E-state index is -0.831. The first-order chi connectivity index (χ1) is 11.6. The Morgan fingerprint density at radius 3 is 1.67 bits per heavy atom. The Labute approximate surface area is 139 Å². The highest BCUT2D eigenvalue weighted by molar-refractivity contribution is 5.96. The van der Waals surface area contributed by atoms with Gasteiger partial charge in [-0.2, -0.15) is 0 Å². The Morgan fingerprint density at radius 2 is 1.25 bits per heavy atom. The molecule has 0 aliphatic heterocycles. The molecule has 0 fully saturated rings. The van der Waals surface area contributed by atoms with E-state index in [1.807, 2.05) is 84.2 Å². The number of aromatic nitrogens is 2. The van der Waals surface area contributed by atoms with E-state index in [1.54, 1.807) is 0 Å². The smallest absolute Gasteiger partial charge is 0.315 e. The lowest BCUT2D eigenvalue weighted by Crippen LogP contribution is -2.12. The van der Waals surface area contributed by atoms with Crippen molar-refractivity contribution < 1.29 is 9.90 Å². The fraction of sp³-hybridized carbons (Fsp3) is 0.150. The van der Waals surface area contributed by atoms with Crippen LogP contribution in [0.4, 0.5) is 0 Å². The summed E-state index contributed by atoms with van der Waals surface area (Å²) in [5.41, 5.74) is 3.74. The third kappa shape index (κ3) is 2.03. The molecule has 4 nitrogen and oxygen atoms in total. The van der Waals surface area contributed by atoms with Crippen molar-refractivity contribution in [1.82, 2.24) is 9.13 Å². The number of hydrogen-bond acceptors (Lipinski definition) is 1. The maximum atomic E-state index is 12.2. The van der Waals surface area contributed by atoms with Crippen molar-refractivity contribution in [2.45, 2.75) is 5.92 Å². The number of carboxylic acid groups (broad SMARTS) is 1. The van der Waals surface area contributed by atoms with Gasteiger partial charge in [-0.15, -0.1) is 0 Å². The SMILES string of the molecule is Cn1cc(C(C(=O)O)c2cn(C)c3ccccc23)c2ccccc21. The maximum absolute atomic E-state index is 12.2. The van der Waals surface area contributed by atoms with Gasteiger partial charge in [0.15, 0.2) is 0 Å². The molecule has 0 saturated heterocycles. The first kappa shape index (κ1) is 14.6. The number of benzene rings is 2. The molecule has 1 N–H and O–H groups in total. The van der Waals surface area contributed by atoms with E-state index in [2.05, 4.69) is 0 Å². The number of nitrogens with zero attached hydrogens (tertiary/aromatic N) is 2. The number of rotatable bonds is 3. The van der Waals surface area contributed by atoms with E-state index < -0.39 is 11.9 Å². The van der Waals surface area contributed by atoms with Gasteiger partial charge in [0.25, 0.3) is 0 Å². The number of aryl methyl sites for hydroxylation is 2. The van der Waals surface area contributed by atoms with Crippen molar-refractivity contribution in [3.8, 4) is 0 Å². The van der Waals surface area contributed by atoms with Gasteiger partial charge in [0.2, 0.25) is 0 Å². The van der Waals surface area contributed by atoms with Crippen LogP contribution in [0, 0.1) is 0 Å². The lowest BCUT2D eigenvalue weighted by molar-refractivity contribution is -0.137. The predicted octanol–water partition coefficient (Wildman–Crippen LogP) is 3.89. The molecule has 2 heterocycles. The summed E-state index contributed by atoms with van der Waals surface area (Å²) in [6, 6.07) is 15.9. The van der Waals surface area contributed by atoms with Gasteiger partial charge in [0.1, 0.15) is 5.92 Å². The van der Waals surface area contributed by atoms with E-state index >= 15 is 0 Å². The lowest BCUT2D eigenvalue weighted by Gasteiger charge is -2.11. The zero-order valence-electron chi connectivity index (χ0n) is 13.6. The molecule has 0 spiro atoms. The monoisotopic (exact) mass is 318 g/mol. The second kappa shape index (κ2) is 5.27. The second-order valence-electron chi connectivity index (χ2n) is 6.20. The van der Waals surface area contributed by atoms with Crippen LogP contribution in [0.3, 0.4) is 0 Å². The van der Waals surface area contributed by atoms with E-state index in [4.69, 9.17) is 0 Å². The topological polar surface area (TPSA) is 47.2 Å². The molecule has 4 heteroatoms. The van der Waals surface area contributed by atoms with Crippen molar-refractivity contribution >= 4 is 27.8 Å². The average molecular weight is 318 g/mol. The molecule has 0 aliphatic rings. The van der Waals surface area contributed by atoms with Gasteiger partial charge < -0.3 is 14.2 Å². The first-order valence-corrected chi connectivity index (χ1v) is 7.88. The van der Waals surface area contributed by atoms with Crippen LogP contribution in [0.2, 0.25) is 0 Å². The Kier molecular flexibility index (Phi) is 3.20. The van der Waals surface area contributed by atoms with Gasteiger partial charge in [0.05, 0.1) is 0 Å². The van der Waals surface area contributed by atoms with Crippen LogP contribution in [-0.4, -0.2) is 20.2 Å². The lowest BCUT2D eigenvalue weighted by atomic mass is 9.91. The fourth-order valence-electron chi connectivity index (χ4n) is 3.64. The second-order valence-corrected chi connectivity index (χ2v) is 6.20. The van der Waals surface area contributed by atoms with Crippen molar-refractivity contribution in [2.24, 2.45) is 14.1 Å². The molecule has 0 aliphatic carbocycles. The normalized spacial score (nSPS) is 11.6. The van der Waals surface area contributed by atoms with Crippen molar-refractivity contribution in [2.75, 3.05) is 0 Å². The highest BCUT2D eigenvalue weighted by atomic mass is 16.4. The molecule has 4 aromatic rings. The van der Waals surface area contributed by atoms with E-state index in [0.717, 1.165) is 32.9 Å². The Balaban J connectivity index is 2.02. The van der Waals surface area contributed by atoms with Gasteiger partial charge in [-0.3, -0.25) is 4.79 Å². The standard InChI is InChI=1S/C20H18N2O2/c1-21-11-15(13-7-3-5-9-17(13)21)19(20(23)24)16-12-22(2)18-10-6-4-8-14(16)18/h3-12,19H,1-2H3,(H,23,24). The Hall–Kier alpha value is -3.01. The van der Waals surface area contributed by atoms with Crippen LogP contribution >= 0.6 is 0 Å². The maximum Gasteiger partial charge on any atom is 0.315 e. The van der Waals surface area contributed by atoms with Crippen molar-refractivity contribution in [1.29, 1.82) is 0 Å². The number of aliphatic carboxylic acids is 1. The van der Waals surface area contributed by atoms with Crippen LogP contribution in [0.25, 0.3) is 21.8 Å². The highest BCUT2D eigenvalue weighted by Crippen LogP contribution is 2.36. The molecule has 0 atom stereocenters. The summed E-state index contributed by atoms with van der Waals surface area (Å²) in [5, 5.41) is 12.0. The number of fused-ring (bicyclic) bond motifs is 2. The van der Waals surface area contributed by atoms with Gasteiger partial charge in [0, 0.05) is 48.3 Å². The number of para-hydroxylation sites is 2. The summed E-state index contributed by atoms with van der Waals surface area (Å²) in [6.45, 7) is 0. The van der Waals surface area contributed by atoms with E-state index in [-0.39, 0.29) is 0 Å². The van der Waals surface area contributed by atoms with Crippen molar-refractivity contribution in [3.63, 3.8) is 0 Å². The van der Waals surface area contributed by atoms with Gasteiger partial charge in [-0.05, 0) is 23.3 Å². The number of carbonyl (C=O) groups is 1. The molecular weight excluding hydrogens is 300 g/mol. The van der Waals surface area contributed by atoms with Gasteiger partial charge in [-0.1, -0.05) is 36.4 Å². The summed E-state index contributed by atoms with van der Waals surface area (Å²) in [4.78, 5) is 12.2. The molecule has 2 aromatic heterocycles.